The van der Waals surface area contributed by atoms with Crippen LogP contribution >= 0.6 is 0 Å². The summed E-state index contributed by atoms with van der Waals surface area (Å²) in [5, 5.41) is 11.5. The first kappa shape index (κ1) is 14.0. The van der Waals surface area contributed by atoms with Crippen LogP contribution in [0.2, 0.25) is 0 Å². The van der Waals surface area contributed by atoms with Gasteiger partial charge in [-0.05, 0) is 86.9 Å². The third kappa shape index (κ3) is 2.22. The van der Waals surface area contributed by atoms with Gasteiger partial charge in [0, 0.05) is 17.3 Å². The Kier molecular flexibility index (Phi) is 3.31. The molecule has 3 atom stereocenters. The van der Waals surface area contributed by atoms with Crippen LogP contribution in [-0.4, -0.2) is 11.0 Å². The molecule has 0 spiro atoms. The molecule has 0 heterocycles. The summed E-state index contributed by atoms with van der Waals surface area (Å²) >= 11 is 0. The number of hydrogen-bond donors (Lipinski definition) is 0. The molecule has 0 aliphatic heterocycles. The molecule has 0 N–H and O–H groups in total. The van der Waals surface area contributed by atoms with Crippen molar-refractivity contribution in [3.63, 3.8) is 0 Å². The molecule has 0 aromatic rings. The first-order valence-electron chi connectivity index (χ1n) is 9.23. The molecule has 3 unspecified atom stereocenters. The van der Waals surface area contributed by atoms with Crippen molar-refractivity contribution in [3.05, 3.63) is 10.1 Å². The fraction of sp³-hybridized carbons (Fsp3) is 1.00. The zero-order valence-electron chi connectivity index (χ0n) is 13.3. The molecule has 5 fully saturated rings. The molecule has 118 valence electrons. The summed E-state index contributed by atoms with van der Waals surface area (Å²) < 4.78 is 0. The average molecular weight is 291 g/mol. The maximum absolute atomic E-state index is 11.5. The van der Waals surface area contributed by atoms with Crippen LogP contribution in [0.4, 0.5) is 0 Å². The van der Waals surface area contributed by atoms with E-state index >= 15 is 0 Å². The van der Waals surface area contributed by atoms with E-state index in [2.05, 4.69) is 6.92 Å². The van der Waals surface area contributed by atoms with Gasteiger partial charge in [-0.1, -0.05) is 6.92 Å². The van der Waals surface area contributed by atoms with Gasteiger partial charge in [-0.3, -0.25) is 10.1 Å². The summed E-state index contributed by atoms with van der Waals surface area (Å²) in [6.07, 6.45) is 12.9. The second-order valence-corrected chi connectivity index (χ2v) is 8.81. The van der Waals surface area contributed by atoms with Crippen molar-refractivity contribution in [3.8, 4) is 0 Å². The van der Waals surface area contributed by atoms with Crippen molar-refractivity contribution in [1.29, 1.82) is 0 Å². The summed E-state index contributed by atoms with van der Waals surface area (Å²) in [7, 11) is 0. The van der Waals surface area contributed by atoms with E-state index in [0.29, 0.717) is 17.3 Å². The predicted molar refractivity (Wildman–Crippen MR) is 82.5 cm³/mol. The van der Waals surface area contributed by atoms with Gasteiger partial charge >= 0.3 is 0 Å². The fourth-order valence-corrected chi connectivity index (χ4v) is 7.18. The van der Waals surface area contributed by atoms with Crippen LogP contribution in [0, 0.1) is 45.1 Å². The Morgan fingerprint density at radius 3 is 2.05 bits per heavy atom. The molecule has 0 aromatic heterocycles. The van der Waals surface area contributed by atoms with E-state index in [1.54, 1.807) is 0 Å². The lowest BCUT2D eigenvalue weighted by atomic mass is 9.45. The predicted octanol–water partition coefficient (Wildman–Crippen LogP) is 4.67. The van der Waals surface area contributed by atoms with Gasteiger partial charge in [0.15, 0.2) is 0 Å². The first-order chi connectivity index (χ1) is 10.1. The maximum atomic E-state index is 11.5. The van der Waals surface area contributed by atoms with Crippen LogP contribution in [0.5, 0.6) is 0 Å². The highest BCUT2D eigenvalue weighted by Gasteiger charge is 2.56. The van der Waals surface area contributed by atoms with Crippen molar-refractivity contribution >= 4 is 0 Å². The Morgan fingerprint density at radius 1 is 1.00 bits per heavy atom. The van der Waals surface area contributed by atoms with Crippen LogP contribution in [0.25, 0.3) is 0 Å². The van der Waals surface area contributed by atoms with Crippen molar-refractivity contribution < 1.29 is 4.92 Å². The molecule has 5 aliphatic carbocycles. The fourth-order valence-electron chi connectivity index (χ4n) is 7.18. The molecule has 5 saturated carbocycles. The summed E-state index contributed by atoms with van der Waals surface area (Å²) in [6.45, 7) is 2.13. The van der Waals surface area contributed by atoms with Gasteiger partial charge in [0.05, 0.1) is 0 Å². The third-order valence-electron chi connectivity index (χ3n) is 7.70. The lowest BCUT2D eigenvalue weighted by molar-refractivity contribution is -0.538. The molecule has 0 radical (unpaired) electrons. The Hall–Kier alpha value is -0.600. The van der Waals surface area contributed by atoms with Crippen molar-refractivity contribution in [2.75, 3.05) is 0 Å². The summed E-state index contributed by atoms with van der Waals surface area (Å²) in [6, 6.07) is -0.248. The molecule has 4 bridgehead atoms. The minimum atomic E-state index is -0.248. The average Bonchev–Trinajstić information content (AvgIpc) is 2.45. The number of nitrogens with zero attached hydrogens (tertiary/aromatic N) is 1. The molecule has 0 aromatic carbocycles. The van der Waals surface area contributed by atoms with Crippen LogP contribution < -0.4 is 0 Å². The van der Waals surface area contributed by atoms with E-state index in [9.17, 15) is 10.1 Å². The molecule has 3 heteroatoms. The second-order valence-electron chi connectivity index (χ2n) is 8.81. The van der Waals surface area contributed by atoms with Crippen LogP contribution in [-0.2, 0) is 0 Å². The highest BCUT2D eigenvalue weighted by atomic mass is 16.6. The zero-order valence-corrected chi connectivity index (χ0v) is 13.3. The molecule has 0 saturated heterocycles. The maximum Gasteiger partial charge on any atom is 0.216 e. The second kappa shape index (κ2) is 4.96. The van der Waals surface area contributed by atoms with E-state index in [1.165, 1.54) is 44.9 Å². The van der Waals surface area contributed by atoms with Gasteiger partial charge in [0.1, 0.15) is 0 Å². The molecule has 21 heavy (non-hydrogen) atoms. The monoisotopic (exact) mass is 291 g/mol. The lowest BCUT2D eigenvalue weighted by Gasteiger charge is -2.60. The number of hydrogen-bond acceptors (Lipinski definition) is 2. The van der Waals surface area contributed by atoms with Crippen molar-refractivity contribution in [2.24, 2.45) is 35.0 Å². The SMILES string of the molecule is CCC1CCC(C23CC4CC(CC(C4)C2)C3)CC1[N+](=O)[O-]. The molecular formula is C18H29NO2. The van der Waals surface area contributed by atoms with Crippen LogP contribution in [0.1, 0.15) is 71.1 Å². The molecule has 0 amide bonds. The van der Waals surface area contributed by atoms with Gasteiger partial charge in [0.25, 0.3) is 0 Å². The lowest BCUT2D eigenvalue weighted by Crippen LogP contribution is -2.52. The summed E-state index contributed by atoms with van der Waals surface area (Å²) in [5.41, 5.74) is 0.516. The molecule has 5 rings (SSSR count). The Labute approximate surface area is 128 Å². The van der Waals surface area contributed by atoms with Gasteiger partial charge in [-0.25, -0.2) is 0 Å². The molecular weight excluding hydrogens is 262 g/mol. The molecule has 5 aliphatic rings. The third-order valence-corrected chi connectivity index (χ3v) is 7.70. The zero-order chi connectivity index (χ0) is 14.6. The summed E-state index contributed by atoms with van der Waals surface area (Å²) in [5.74, 6) is 3.90. The topological polar surface area (TPSA) is 43.1 Å². The summed E-state index contributed by atoms with van der Waals surface area (Å²) in [4.78, 5) is 11.6. The quantitative estimate of drug-likeness (QED) is 0.560. The van der Waals surface area contributed by atoms with E-state index in [-0.39, 0.29) is 11.0 Å². The first-order valence-corrected chi connectivity index (χ1v) is 9.23. The van der Waals surface area contributed by atoms with Crippen molar-refractivity contribution in [1.82, 2.24) is 0 Å². The minimum Gasteiger partial charge on any atom is -0.264 e. The highest BCUT2D eigenvalue weighted by Crippen LogP contribution is 2.64. The Balaban J connectivity index is 1.55. The minimum absolute atomic E-state index is 0.0564. The number of nitro groups is 1. The van der Waals surface area contributed by atoms with E-state index < -0.39 is 0 Å². The molecule has 3 nitrogen and oxygen atoms in total. The Morgan fingerprint density at radius 2 is 1.57 bits per heavy atom. The van der Waals surface area contributed by atoms with Gasteiger partial charge in [-0.15, -0.1) is 0 Å². The van der Waals surface area contributed by atoms with E-state index in [1.807, 2.05) is 0 Å². The van der Waals surface area contributed by atoms with Crippen LogP contribution in [0.15, 0.2) is 0 Å². The van der Waals surface area contributed by atoms with Gasteiger partial charge < -0.3 is 0 Å². The highest BCUT2D eigenvalue weighted by molar-refractivity contribution is 5.05. The van der Waals surface area contributed by atoms with E-state index in [4.69, 9.17) is 0 Å². The van der Waals surface area contributed by atoms with Crippen molar-refractivity contribution in [2.45, 2.75) is 77.2 Å². The van der Waals surface area contributed by atoms with E-state index in [0.717, 1.165) is 37.0 Å². The normalized spacial score (nSPS) is 52.0. The smallest absolute Gasteiger partial charge is 0.216 e. The Bertz CT molecular complexity index is 398. The van der Waals surface area contributed by atoms with Gasteiger partial charge in [0.2, 0.25) is 6.04 Å². The largest absolute Gasteiger partial charge is 0.264 e. The standard InChI is InChI=1S/C18H29NO2/c1-2-15-3-4-16(8-17(15)19(20)21)18-9-12-5-13(10-18)7-14(6-12)11-18/h12-17H,2-11H2,1H3. The van der Waals surface area contributed by atoms with Crippen LogP contribution in [0.3, 0.4) is 0 Å². The number of rotatable bonds is 3. The van der Waals surface area contributed by atoms with Gasteiger partial charge in [-0.2, -0.15) is 0 Å².